The topological polar surface area (TPSA) is 69.2 Å². The van der Waals surface area contributed by atoms with Crippen LogP contribution >= 0.6 is 23.1 Å². The van der Waals surface area contributed by atoms with Crippen LogP contribution < -0.4 is 0 Å². The van der Waals surface area contributed by atoms with Gasteiger partial charge < -0.3 is 4.74 Å². The van der Waals surface area contributed by atoms with Gasteiger partial charge in [-0.3, -0.25) is 9.59 Å². The lowest BCUT2D eigenvalue weighted by molar-refractivity contribution is -0.139. The number of nitrogens with zero attached hydrogens (tertiary/aromatic N) is 2. The van der Waals surface area contributed by atoms with E-state index in [-0.39, 0.29) is 18.1 Å². The Kier molecular flexibility index (Phi) is 4.99. The van der Waals surface area contributed by atoms with Crippen molar-refractivity contribution < 1.29 is 14.3 Å². The van der Waals surface area contributed by atoms with Crippen molar-refractivity contribution in [3.63, 3.8) is 0 Å². The van der Waals surface area contributed by atoms with Gasteiger partial charge in [0.2, 0.25) is 0 Å². The van der Waals surface area contributed by atoms with Crippen LogP contribution in [0.3, 0.4) is 0 Å². The van der Waals surface area contributed by atoms with Crippen molar-refractivity contribution in [1.82, 2.24) is 9.97 Å². The lowest BCUT2D eigenvalue weighted by Crippen LogP contribution is -2.15. The fourth-order valence-corrected chi connectivity index (χ4v) is 3.48. The lowest BCUT2D eigenvalue weighted by atomic mass is 10.1. The number of rotatable bonds is 6. The van der Waals surface area contributed by atoms with Gasteiger partial charge in [0.15, 0.2) is 12.4 Å². The zero-order chi connectivity index (χ0) is 16.1. The second-order valence-corrected chi connectivity index (χ2v) is 6.42. The van der Waals surface area contributed by atoms with E-state index in [4.69, 9.17) is 4.74 Å². The molecule has 0 fully saturated rings. The van der Waals surface area contributed by atoms with E-state index >= 15 is 0 Å². The van der Waals surface area contributed by atoms with Crippen molar-refractivity contribution in [3.05, 3.63) is 53.7 Å². The number of hydrogen-bond donors (Lipinski definition) is 0. The third kappa shape index (κ3) is 3.94. The Morgan fingerprint density at radius 2 is 1.96 bits per heavy atom. The molecule has 0 saturated heterocycles. The largest absolute Gasteiger partial charge is 0.457 e. The van der Waals surface area contributed by atoms with Gasteiger partial charge in [0.25, 0.3) is 0 Å². The molecule has 5 nitrogen and oxygen atoms in total. The first-order chi connectivity index (χ1) is 11.2. The van der Waals surface area contributed by atoms with Gasteiger partial charge in [-0.05, 0) is 11.4 Å². The Balaban J connectivity index is 1.52. The molecule has 0 N–H and O–H groups in total. The summed E-state index contributed by atoms with van der Waals surface area (Å²) < 4.78 is 5.02. The molecule has 0 saturated carbocycles. The molecule has 1 aromatic carbocycles. The Morgan fingerprint density at radius 1 is 1.13 bits per heavy atom. The second kappa shape index (κ2) is 7.34. The lowest BCUT2D eigenvalue weighted by Gasteiger charge is -2.04. The number of carbonyl (C=O) groups excluding carboxylic acids is 2. The molecule has 0 unspecified atom stereocenters. The molecule has 0 aliphatic carbocycles. The van der Waals surface area contributed by atoms with Gasteiger partial charge in [0.05, 0.1) is 5.75 Å². The highest BCUT2D eigenvalue weighted by Gasteiger charge is 2.12. The number of esters is 1. The number of thiophene rings is 1. The van der Waals surface area contributed by atoms with E-state index in [1.54, 1.807) is 24.3 Å². The fraction of sp³-hybridized carbons (Fsp3) is 0.125. The zero-order valence-electron chi connectivity index (χ0n) is 12.0. The minimum atomic E-state index is -0.443. The van der Waals surface area contributed by atoms with E-state index in [2.05, 4.69) is 9.97 Å². The van der Waals surface area contributed by atoms with E-state index in [1.165, 1.54) is 29.4 Å². The van der Waals surface area contributed by atoms with Crippen molar-refractivity contribution in [2.24, 2.45) is 0 Å². The summed E-state index contributed by atoms with van der Waals surface area (Å²) in [6.07, 6.45) is 1.48. The van der Waals surface area contributed by atoms with Gasteiger partial charge in [-0.25, -0.2) is 9.97 Å². The third-order valence-electron chi connectivity index (χ3n) is 3.01. The molecule has 23 heavy (non-hydrogen) atoms. The Hall–Kier alpha value is -2.25. The van der Waals surface area contributed by atoms with Gasteiger partial charge >= 0.3 is 5.97 Å². The first-order valence-electron chi connectivity index (χ1n) is 6.79. The number of fused-ring (bicyclic) bond motifs is 1. The number of benzene rings is 1. The summed E-state index contributed by atoms with van der Waals surface area (Å²) in [6.45, 7) is -0.249. The van der Waals surface area contributed by atoms with Crippen LogP contribution in [0.15, 0.2) is 53.1 Å². The highest BCUT2D eigenvalue weighted by atomic mass is 32.2. The van der Waals surface area contributed by atoms with Crippen LogP contribution in [0.2, 0.25) is 0 Å². The molecule has 0 radical (unpaired) electrons. The standard InChI is InChI=1S/C16H12N2O3S2/c19-13(11-4-2-1-3-5-11)8-21-14(20)9-23-16-12-6-7-22-15(12)17-10-18-16/h1-7,10H,8-9H2. The summed E-state index contributed by atoms with van der Waals surface area (Å²) in [5, 5.41) is 3.60. The smallest absolute Gasteiger partial charge is 0.316 e. The summed E-state index contributed by atoms with van der Waals surface area (Å²) in [5.41, 5.74) is 0.531. The number of carbonyl (C=O) groups is 2. The SMILES string of the molecule is O=C(CSc1ncnc2sccc12)OCC(=O)c1ccccc1. The third-order valence-corrected chi connectivity index (χ3v) is 4.81. The number of aromatic nitrogens is 2. The number of hydrogen-bond acceptors (Lipinski definition) is 7. The summed E-state index contributed by atoms with van der Waals surface area (Å²) in [7, 11) is 0. The van der Waals surface area contributed by atoms with Crippen molar-refractivity contribution in [1.29, 1.82) is 0 Å². The summed E-state index contributed by atoms with van der Waals surface area (Å²) >= 11 is 2.80. The number of thioether (sulfide) groups is 1. The maximum Gasteiger partial charge on any atom is 0.316 e. The van der Waals surface area contributed by atoms with Crippen LogP contribution in [0, 0.1) is 0 Å². The molecular formula is C16H12N2O3S2. The molecule has 0 amide bonds. The summed E-state index contributed by atoms with van der Waals surface area (Å²) in [5.74, 6) is -0.559. The molecular weight excluding hydrogens is 332 g/mol. The van der Waals surface area contributed by atoms with E-state index in [0.29, 0.717) is 5.56 Å². The van der Waals surface area contributed by atoms with E-state index < -0.39 is 5.97 Å². The van der Waals surface area contributed by atoms with Crippen molar-refractivity contribution >= 4 is 45.1 Å². The van der Waals surface area contributed by atoms with Crippen LogP contribution in [-0.4, -0.2) is 34.1 Å². The second-order valence-electron chi connectivity index (χ2n) is 4.56. The molecule has 2 aromatic heterocycles. The maximum atomic E-state index is 11.9. The molecule has 0 aliphatic rings. The minimum absolute atomic E-state index is 0.101. The molecule has 7 heteroatoms. The monoisotopic (exact) mass is 344 g/mol. The molecule has 0 aliphatic heterocycles. The fourth-order valence-electron chi connectivity index (χ4n) is 1.90. The number of ether oxygens (including phenoxy) is 1. The normalized spacial score (nSPS) is 10.6. The zero-order valence-corrected chi connectivity index (χ0v) is 13.6. The van der Waals surface area contributed by atoms with Gasteiger partial charge in [0, 0.05) is 10.9 Å². The van der Waals surface area contributed by atoms with E-state index in [1.807, 2.05) is 17.5 Å². The predicted octanol–water partition coefficient (Wildman–Crippen LogP) is 3.21. The minimum Gasteiger partial charge on any atom is -0.457 e. The van der Waals surface area contributed by atoms with Crippen LogP contribution in [0.1, 0.15) is 10.4 Å². The Morgan fingerprint density at radius 3 is 2.78 bits per heavy atom. The van der Waals surface area contributed by atoms with Crippen LogP contribution in [0.4, 0.5) is 0 Å². The highest BCUT2D eigenvalue weighted by Crippen LogP contribution is 2.27. The highest BCUT2D eigenvalue weighted by molar-refractivity contribution is 8.00. The van der Waals surface area contributed by atoms with Gasteiger partial charge in [0.1, 0.15) is 16.2 Å². The average Bonchev–Trinajstić information content (AvgIpc) is 3.07. The summed E-state index contributed by atoms with van der Waals surface area (Å²) in [4.78, 5) is 32.9. The first-order valence-corrected chi connectivity index (χ1v) is 8.65. The summed E-state index contributed by atoms with van der Waals surface area (Å²) in [6, 6.07) is 10.7. The van der Waals surface area contributed by atoms with Gasteiger partial charge in [-0.1, -0.05) is 42.1 Å². The maximum absolute atomic E-state index is 11.9. The first kappa shape index (κ1) is 15.6. The Bertz CT molecular complexity index is 833. The van der Waals surface area contributed by atoms with E-state index in [0.717, 1.165) is 15.2 Å². The van der Waals surface area contributed by atoms with Crippen molar-refractivity contribution in [3.8, 4) is 0 Å². The quantitative estimate of drug-likeness (QED) is 0.296. The van der Waals surface area contributed by atoms with E-state index in [9.17, 15) is 9.59 Å². The molecule has 0 bridgehead atoms. The van der Waals surface area contributed by atoms with Crippen molar-refractivity contribution in [2.45, 2.75) is 5.03 Å². The average molecular weight is 344 g/mol. The van der Waals surface area contributed by atoms with Crippen LogP contribution in [0.5, 0.6) is 0 Å². The molecule has 3 rings (SSSR count). The molecule has 0 atom stereocenters. The predicted molar refractivity (Wildman–Crippen MR) is 89.9 cm³/mol. The molecule has 116 valence electrons. The van der Waals surface area contributed by atoms with Crippen LogP contribution in [0.25, 0.3) is 10.2 Å². The molecule has 2 heterocycles. The molecule has 0 spiro atoms. The van der Waals surface area contributed by atoms with Gasteiger partial charge in [-0.2, -0.15) is 0 Å². The number of ketones is 1. The van der Waals surface area contributed by atoms with Crippen molar-refractivity contribution in [2.75, 3.05) is 12.4 Å². The number of Topliss-reactive ketones (excluding diaryl/α,β-unsaturated/α-hetero) is 1. The van der Waals surface area contributed by atoms with Gasteiger partial charge in [-0.15, -0.1) is 11.3 Å². The Labute approximate surface area is 140 Å². The molecule has 3 aromatic rings. The van der Waals surface area contributed by atoms with Crippen LogP contribution in [-0.2, 0) is 9.53 Å².